The Hall–Kier alpha value is -2.47. The first-order valence-electron chi connectivity index (χ1n) is 12.7. The molecule has 4 rings (SSSR count). The van der Waals surface area contributed by atoms with E-state index in [0.717, 1.165) is 54.4 Å². The van der Waals surface area contributed by atoms with Gasteiger partial charge >= 0.3 is 0 Å². The molecule has 1 amide bonds. The number of rotatable bonds is 5. The number of carbonyl (C=O) groups is 1. The number of carbonyl (C=O) groups excluding carboxylic acids is 1. The van der Waals surface area contributed by atoms with Gasteiger partial charge in [-0.1, -0.05) is 58.0 Å². The predicted molar refractivity (Wildman–Crippen MR) is 137 cm³/mol. The van der Waals surface area contributed by atoms with Crippen LogP contribution in [-0.2, 0) is 22.5 Å². The Bertz CT molecular complexity index is 991. The van der Waals surface area contributed by atoms with Crippen LogP contribution in [0.25, 0.3) is 11.4 Å². The van der Waals surface area contributed by atoms with E-state index in [9.17, 15) is 4.79 Å². The van der Waals surface area contributed by atoms with Crippen molar-refractivity contribution in [1.82, 2.24) is 14.9 Å². The lowest BCUT2D eigenvalue weighted by Gasteiger charge is -2.39. The SMILES string of the molecule is CC(CC(=O)N1CCc2nc(-c3ccccc3)nc(N3CC(C)OC(C)C3)c2C1)CC(C)(C)C. The molecule has 1 aromatic carbocycles. The van der Waals surface area contributed by atoms with Gasteiger partial charge < -0.3 is 14.5 Å². The van der Waals surface area contributed by atoms with Crippen molar-refractivity contribution in [3.63, 3.8) is 0 Å². The van der Waals surface area contributed by atoms with Crippen LogP contribution in [0.15, 0.2) is 30.3 Å². The quantitative estimate of drug-likeness (QED) is 0.616. The highest BCUT2D eigenvalue weighted by Gasteiger charge is 2.31. The molecule has 2 aliphatic heterocycles. The van der Waals surface area contributed by atoms with Crippen LogP contribution in [-0.4, -0.2) is 52.6 Å². The average Bonchev–Trinajstić information content (AvgIpc) is 2.76. The lowest BCUT2D eigenvalue weighted by molar-refractivity contribution is -0.133. The second-order valence-electron chi connectivity index (χ2n) is 11.5. The molecule has 6 heteroatoms. The Balaban J connectivity index is 1.63. The first-order valence-corrected chi connectivity index (χ1v) is 12.7. The van der Waals surface area contributed by atoms with Crippen LogP contribution in [0, 0.1) is 11.3 Å². The molecule has 6 nitrogen and oxygen atoms in total. The van der Waals surface area contributed by atoms with E-state index >= 15 is 0 Å². The molecular formula is C28H40N4O2. The lowest BCUT2D eigenvalue weighted by Crippen LogP contribution is -2.47. The molecule has 1 aromatic heterocycles. The van der Waals surface area contributed by atoms with Crippen molar-refractivity contribution in [2.45, 2.75) is 79.6 Å². The summed E-state index contributed by atoms with van der Waals surface area (Å²) in [5.41, 5.74) is 3.43. The Kier molecular flexibility index (Phi) is 7.27. The third kappa shape index (κ3) is 5.96. The van der Waals surface area contributed by atoms with E-state index in [1.807, 2.05) is 23.1 Å². The Labute approximate surface area is 204 Å². The second kappa shape index (κ2) is 10.0. The van der Waals surface area contributed by atoms with Gasteiger partial charge in [0.05, 0.1) is 24.4 Å². The minimum Gasteiger partial charge on any atom is -0.372 e. The lowest BCUT2D eigenvalue weighted by atomic mass is 9.84. The van der Waals surface area contributed by atoms with Crippen LogP contribution >= 0.6 is 0 Å². The highest BCUT2D eigenvalue weighted by molar-refractivity contribution is 5.77. The first-order chi connectivity index (χ1) is 16.1. The van der Waals surface area contributed by atoms with Gasteiger partial charge in [0.2, 0.25) is 5.91 Å². The van der Waals surface area contributed by atoms with Crippen LogP contribution < -0.4 is 4.90 Å². The first kappa shape index (κ1) is 24.6. The number of hydrogen-bond acceptors (Lipinski definition) is 5. The van der Waals surface area contributed by atoms with E-state index in [1.165, 1.54) is 0 Å². The monoisotopic (exact) mass is 464 g/mol. The maximum atomic E-state index is 13.2. The molecule has 3 heterocycles. The third-order valence-corrected chi connectivity index (χ3v) is 6.63. The fraction of sp³-hybridized carbons (Fsp3) is 0.607. The molecule has 2 aromatic rings. The Morgan fingerprint density at radius 2 is 1.79 bits per heavy atom. The molecule has 0 bridgehead atoms. The van der Waals surface area contributed by atoms with Gasteiger partial charge in [-0.25, -0.2) is 9.97 Å². The van der Waals surface area contributed by atoms with E-state index in [-0.39, 0.29) is 23.5 Å². The van der Waals surface area contributed by atoms with Crippen molar-refractivity contribution in [3.8, 4) is 11.4 Å². The van der Waals surface area contributed by atoms with Crippen molar-refractivity contribution >= 4 is 11.7 Å². The summed E-state index contributed by atoms with van der Waals surface area (Å²) in [5, 5.41) is 0. The van der Waals surface area contributed by atoms with E-state index < -0.39 is 0 Å². The zero-order chi connectivity index (χ0) is 24.5. The van der Waals surface area contributed by atoms with Crippen LogP contribution in [0.5, 0.6) is 0 Å². The highest BCUT2D eigenvalue weighted by atomic mass is 16.5. The molecule has 2 aliphatic rings. The fourth-order valence-corrected chi connectivity index (χ4v) is 5.48. The van der Waals surface area contributed by atoms with E-state index in [0.29, 0.717) is 25.4 Å². The van der Waals surface area contributed by atoms with Crippen molar-refractivity contribution in [2.24, 2.45) is 11.3 Å². The van der Waals surface area contributed by atoms with Crippen LogP contribution in [0.4, 0.5) is 5.82 Å². The van der Waals surface area contributed by atoms with Gasteiger partial charge in [-0.05, 0) is 31.6 Å². The second-order valence-corrected chi connectivity index (χ2v) is 11.5. The smallest absolute Gasteiger partial charge is 0.223 e. The van der Waals surface area contributed by atoms with Crippen molar-refractivity contribution in [1.29, 1.82) is 0 Å². The summed E-state index contributed by atoms with van der Waals surface area (Å²) in [7, 11) is 0. The number of fused-ring (bicyclic) bond motifs is 1. The number of nitrogens with zero attached hydrogens (tertiary/aromatic N) is 4. The Morgan fingerprint density at radius 3 is 2.44 bits per heavy atom. The minimum absolute atomic E-state index is 0.133. The van der Waals surface area contributed by atoms with E-state index in [2.05, 4.69) is 58.6 Å². The summed E-state index contributed by atoms with van der Waals surface area (Å²) in [6.45, 7) is 16.0. The molecule has 0 aliphatic carbocycles. The molecule has 184 valence electrons. The number of aromatic nitrogens is 2. The summed E-state index contributed by atoms with van der Waals surface area (Å²) in [5.74, 6) is 2.33. The van der Waals surface area contributed by atoms with Gasteiger partial charge in [0.15, 0.2) is 5.82 Å². The van der Waals surface area contributed by atoms with E-state index in [4.69, 9.17) is 14.7 Å². The van der Waals surface area contributed by atoms with Gasteiger partial charge in [-0.2, -0.15) is 0 Å². The zero-order valence-corrected chi connectivity index (χ0v) is 21.7. The topological polar surface area (TPSA) is 58.6 Å². The van der Waals surface area contributed by atoms with Gasteiger partial charge in [0, 0.05) is 43.6 Å². The summed E-state index contributed by atoms with van der Waals surface area (Å²) >= 11 is 0. The van der Waals surface area contributed by atoms with Gasteiger partial charge in [0.1, 0.15) is 5.82 Å². The molecule has 1 saturated heterocycles. The van der Waals surface area contributed by atoms with Crippen LogP contribution in [0.2, 0.25) is 0 Å². The van der Waals surface area contributed by atoms with Gasteiger partial charge in [0.25, 0.3) is 0 Å². The predicted octanol–water partition coefficient (Wildman–Crippen LogP) is 5.10. The number of anilines is 1. The molecule has 0 spiro atoms. The highest BCUT2D eigenvalue weighted by Crippen LogP contribution is 2.32. The summed E-state index contributed by atoms with van der Waals surface area (Å²) in [6.07, 6.45) is 2.67. The zero-order valence-electron chi connectivity index (χ0n) is 21.7. The van der Waals surface area contributed by atoms with E-state index in [1.54, 1.807) is 0 Å². The summed E-state index contributed by atoms with van der Waals surface area (Å²) in [4.78, 5) is 27.6. The molecule has 34 heavy (non-hydrogen) atoms. The Morgan fingerprint density at radius 1 is 1.12 bits per heavy atom. The molecule has 0 N–H and O–H groups in total. The van der Waals surface area contributed by atoms with Crippen molar-refractivity contribution < 1.29 is 9.53 Å². The third-order valence-electron chi connectivity index (χ3n) is 6.63. The number of morpholine rings is 1. The summed E-state index contributed by atoms with van der Waals surface area (Å²) in [6, 6.07) is 10.2. The van der Waals surface area contributed by atoms with Crippen molar-refractivity contribution in [3.05, 3.63) is 41.6 Å². The maximum Gasteiger partial charge on any atom is 0.223 e. The molecule has 0 saturated carbocycles. The minimum atomic E-state index is 0.133. The molecule has 0 radical (unpaired) electrons. The van der Waals surface area contributed by atoms with Gasteiger partial charge in [-0.3, -0.25) is 4.79 Å². The fourth-order valence-electron chi connectivity index (χ4n) is 5.48. The molecule has 3 atom stereocenters. The average molecular weight is 465 g/mol. The molecular weight excluding hydrogens is 424 g/mol. The summed E-state index contributed by atoms with van der Waals surface area (Å²) < 4.78 is 5.99. The molecule has 3 unspecified atom stereocenters. The van der Waals surface area contributed by atoms with Crippen LogP contribution in [0.3, 0.4) is 0 Å². The van der Waals surface area contributed by atoms with Crippen molar-refractivity contribution in [2.75, 3.05) is 24.5 Å². The normalized spacial score (nSPS) is 21.8. The molecule has 1 fully saturated rings. The number of hydrogen-bond donors (Lipinski definition) is 0. The largest absolute Gasteiger partial charge is 0.372 e. The standard InChI is InChI=1S/C28H40N4O2/c1-19(15-28(4,5)6)14-25(33)31-13-12-24-23(18-31)27(32-16-20(2)34-21(3)17-32)30-26(29-24)22-10-8-7-9-11-22/h7-11,19-21H,12-18H2,1-6H3. The number of amides is 1. The maximum absolute atomic E-state index is 13.2. The van der Waals surface area contributed by atoms with Gasteiger partial charge in [-0.15, -0.1) is 0 Å². The number of benzene rings is 1. The number of ether oxygens (including phenoxy) is 1. The van der Waals surface area contributed by atoms with Crippen LogP contribution in [0.1, 0.15) is 65.6 Å².